The predicted octanol–water partition coefficient (Wildman–Crippen LogP) is 2.58. The SMILES string of the molecule is N#Cc1cccc(CNc2ccc(S(N)(=O)=O)cc2Br)c1. The molecule has 2 aromatic rings. The number of benzene rings is 2. The van der Waals surface area contributed by atoms with E-state index in [4.69, 9.17) is 10.4 Å². The van der Waals surface area contributed by atoms with E-state index < -0.39 is 10.0 Å². The number of hydrogen-bond acceptors (Lipinski definition) is 4. The van der Waals surface area contributed by atoms with E-state index in [2.05, 4.69) is 27.3 Å². The third kappa shape index (κ3) is 4.04. The highest BCUT2D eigenvalue weighted by molar-refractivity contribution is 9.10. The number of nitriles is 1. The van der Waals surface area contributed by atoms with E-state index in [0.717, 1.165) is 11.3 Å². The summed E-state index contributed by atoms with van der Waals surface area (Å²) in [6.07, 6.45) is 0. The maximum absolute atomic E-state index is 11.3. The van der Waals surface area contributed by atoms with Crippen LogP contribution in [0.2, 0.25) is 0 Å². The van der Waals surface area contributed by atoms with Gasteiger partial charge in [0.25, 0.3) is 0 Å². The molecule has 21 heavy (non-hydrogen) atoms. The van der Waals surface area contributed by atoms with Crippen LogP contribution >= 0.6 is 15.9 Å². The lowest BCUT2D eigenvalue weighted by atomic mass is 10.1. The number of halogens is 1. The molecule has 0 spiro atoms. The average Bonchev–Trinajstić information content (AvgIpc) is 2.45. The topological polar surface area (TPSA) is 96.0 Å². The Bertz CT molecular complexity index is 813. The van der Waals surface area contributed by atoms with Crippen molar-refractivity contribution in [3.05, 3.63) is 58.1 Å². The van der Waals surface area contributed by atoms with Crippen LogP contribution in [-0.2, 0) is 16.6 Å². The number of nitrogens with two attached hydrogens (primary N) is 1. The van der Waals surface area contributed by atoms with E-state index in [0.29, 0.717) is 16.6 Å². The summed E-state index contributed by atoms with van der Waals surface area (Å²) < 4.78 is 23.1. The van der Waals surface area contributed by atoms with Gasteiger partial charge in [0.1, 0.15) is 0 Å². The van der Waals surface area contributed by atoms with Crippen LogP contribution < -0.4 is 10.5 Å². The van der Waals surface area contributed by atoms with Gasteiger partial charge in [-0.1, -0.05) is 12.1 Å². The molecule has 0 saturated heterocycles. The summed E-state index contributed by atoms with van der Waals surface area (Å²) in [6, 6.07) is 13.9. The zero-order valence-electron chi connectivity index (χ0n) is 10.9. The smallest absolute Gasteiger partial charge is 0.238 e. The summed E-state index contributed by atoms with van der Waals surface area (Å²) >= 11 is 3.31. The second-order valence-electron chi connectivity index (χ2n) is 4.35. The highest BCUT2D eigenvalue weighted by Gasteiger charge is 2.10. The van der Waals surface area contributed by atoms with Crippen molar-refractivity contribution in [3.8, 4) is 6.07 Å². The van der Waals surface area contributed by atoms with Gasteiger partial charge >= 0.3 is 0 Å². The van der Waals surface area contributed by atoms with Crippen LogP contribution in [0.4, 0.5) is 5.69 Å². The fourth-order valence-electron chi connectivity index (χ4n) is 1.76. The summed E-state index contributed by atoms with van der Waals surface area (Å²) in [5.74, 6) is 0. The Morgan fingerprint density at radius 3 is 2.62 bits per heavy atom. The molecule has 0 bridgehead atoms. The molecule has 0 radical (unpaired) electrons. The molecule has 2 aromatic carbocycles. The Kier molecular flexibility index (Phi) is 4.63. The largest absolute Gasteiger partial charge is 0.380 e. The molecule has 3 N–H and O–H groups in total. The molecule has 7 heteroatoms. The van der Waals surface area contributed by atoms with Crippen LogP contribution in [0.1, 0.15) is 11.1 Å². The first-order valence-corrected chi connectivity index (χ1v) is 8.29. The second-order valence-corrected chi connectivity index (χ2v) is 6.77. The Morgan fingerprint density at radius 2 is 2.00 bits per heavy atom. The van der Waals surface area contributed by atoms with E-state index in [-0.39, 0.29) is 4.90 Å². The standard InChI is InChI=1S/C14H12BrN3O2S/c15-13-7-12(21(17,19)20)4-5-14(13)18-9-11-3-1-2-10(6-11)8-16/h1-7,18H,9H2,(H2,17,19,20). The fourth-order valence-corrected chi connectivity index (χ4v) is 2.97. The minimum Gasteiger partial charge on any atom is -0.380 e. The van der Waals surface area contributed by atoms with E-state index in [1.807, 2.05) is 12.1 Å². The molecule has 0 unspecified atom stereocenters. The number of sulfonamides is 1. The van der Waals surface area contributed by atoms with Crippen molar-refractivity contribution in [1.29, 1.82) is 5.26 Å². The average molecular weight is 366 g/mol. The lowest BCUT2D eigenvalue weighted by molar-refractivity contribution is 0.598. The number of anilines is 1. The molecule has 2 rings (SSSR count). The fraction of sp³-hybridized carbons (Fsp3) is 0.0714. The van der Waals surface area contributed by atoms with Gasteiger partial charge in [0, 0.05) is 16.7 Å². The molecule has 0 atom stereocenters. The summed E-state index contributed by atoms with van der Waals surface area (Å²) in [7, 11) is -3.71. The number of nitrogens with zero attached hydrogens (tertiary/aromatic N) is 1. The third-order valence-corrected chi connectivity index (χ3v) is 4.38. The Hall–Kier alpha value is -1.88. The molecule has 5 nitrogen and oxygen atoms in total. The Labute approximate surface area is 131 Å². The van der Waals surface area contributed by atoms with E-state index >= 15 is 0 Å². The highest BCUT2D eigenvalue weighted by atomic mass is 79.9. The number of rotatable bonds is 4. The van der Waals surface area contributed by atoms with Crippen molar-refractivity contribution in [2.75, 3.05) is 5.32 Å². The van der Waals surface area contributed by atoms with Crippen molar-refractivity contribution in [2.24, 2.45) is 5.14 Å². The molecular formula is C14H12BrN3O2S. The molecule has 0 aliphatic heterocycles. The monoisotopic (exact) mass is 365 g/mol. The van der Waals surface area contributed by atoms with Gasteiger partial charge in [0.15, 0.2) is 0 Å². The zero-order valence-corrected chi connectivity index (χ0v) is 13.3. The quantitative estimate of drug-likeness (QED) is 0.869. The maximum atomic E-state index is 11.3. The van der Waals surface area contributed by atoms with Crippen LogP contribution in [0.5, 0.6) is 0 Å². The van der Waals surface area contributed by atoms with E-state index in [1.165, 1.54) is 12.1 Å². The Balaban J connectivity index is 2.15. The van der Waals surface area contributed by atoms with E-state index in [1.54, 1.807) is 18.2 Å². The molecule has 0 aromatic heterocycles. The van der Waals surface area contributed by atoms with Gasteiger partial charge in [-0.2, -0.15) is 5.26 Å². The van der Waals surface area contributed by atoms with Gasteiger partial charge in [-0.15, -0.1) is 0 Å². The van der Waals surface area contributed by atoms with E-state index in [9.17, 15) is 8.42 Å². The highest BCUT2D eigenvalue weighted by Crippen LogP contribution is 2.25. The van der Waals surface area contributed by atoms with Gasteiger partial charge in [-0.3, -0.25) is 0 Å². The number of primary sulfonamides is 1. The van der Waals surface area contributed by atoms with Crippen LogP contribution in [0, 0.1) is 11.3 Å². The first-order chi connectivity index (χ1) is 9.90. The van der Waals surface area contributed by atoms with Gasteiger partial charge in [0.05, 0.1) is 16.5 Å². The summed E-state index contributed by atoms with van der Waals surface area (Å²) in [4.78, 5) is 0.0476. The summed E-state index contributed by atoms with van der Waals surface area (Å²) in [5, 5.41) is 17.1. The number of nitrogens with one attached hydrogen (secondary N) is 1. The Morgan fingerprint density at radius 1 is 1.24 bits per heavy atom. The zero-order chi connectivity index (χ0) is 15.5. The lowest BCUT2D eigenvalue weighted by Gasteiger charge is -2.10. The predicted molar refractivity (Wildman–Crippen MR) is 84.0 cm³/mol. The van der Waals surface area contributed by atoms with Crippen LogP contribution in [0.15, 0.2) is 51.8 Å². The molecular weight excluding hydrogens is 354 g/mol. The second kappa shape index (κ2) is 6.26. The van der Waals surface area contributed by atoms with Crippen molar-refractivity contribution in [2.45, 2.75) is 11.4 Å². The molecule has 0 amide bonds. The lowest BCUT2D eigenvalue weighted by Crippen LogP contribution is -2.12. The van der Waals surface area contributed by atoms with Crippen molar-refractivity contribution >= 4 is 31.6 Å². The van der Waals surface area contributed by atoms with Crippen molar-refractivity contribution in [1.82, 2.24) is 0 Å². The summed E-state index contributed by atoms with van der Waals surface area (Å²) in [5.41, 5.74) is 2.29. The normalized spacial score (nSPS) is 10.9. The molecule has 0 aliphatic rings. The molecule has 0 aliphatic carbocycles. The minimum absolute atomic E-state index is 0.0476. The van der Waals surface area contributed by atoms with Crippen LogP contribution in [-0.4, -0.2) is 8.42 Å². The third-order valence-electron chi connectivity index (χ3n) is 2.81. The minimum atomic E-state index is -3.71. The van der Waals surface area contributed by atoms with Gasteiger partial charge in [-0.05, 0) is 51.8 Å². The summed E-state index contributed by atoms with van der Waals surface area (Å²) in [6.45, 7) is 0.517. The molecule has 0 heterocycles. The van der Waals surface area contributed by atoms with Gasteiger partial charge < -0.3 is 5.32 Å². The first-order valence-electron chi connectivity index (χ1n) is 5.95. The molecule has 108 valence electrons. The van der Waals surface area contributed by atoms with Crippen LogP contribution in [0.3, 0.4) is 0 Å². The van der Waals surface area contributed by atoms with Gasteiger partial charge in [0.2, 0.25) is 10.0 Å². The number of hydrogen-bond donors (Lipinski definition) is 2. The first kappa shape index (κ1) is 15.5. The van der Waals surface area contributed by atoms with Crippen molar-refractivity contribution < 1.29 is 8.42 Å². The molecule has 0 saturated carbocycles. The molecule has 0 fully saturated rings. The van der Waals surface area contributed by atoms with Crippen LogP contribution in [0.25, 0.3) is 0 Å². The maximum Gasteiger partial charge on any atom is 0.238 e. The van der Waals surface area contributed by atoms with Gasteiger partial charge in [-0.25, -0.2) is 13.6 Å². The van der Waals surface area contributed by atoms with Crippen molar-refractivity contribution in [3.63, 3.8) is 0 Å².